The molecule has 0 spiro atoms. The lowest BCUT2D eigenvalue weighted by molar-refractivity contribution is -0.137. The largest absolute Gasteiger partial charge is 0.416 e. The summed E-state index contributed by atoms with van der Waals surface area (Å²) in [5.74, 6) is -0.784. The lowest BCUT2D eigenvalue weighted by Crippen LogP contribution is -2.33. The maximum Gasteiger partial charge on any atom is 0.416 e. The molecule has 0 aromatic heterocycles. The molecule has 0 saturated heterocycles. The number of rotatable bonds is 6. The molecule has 0 aliphatic heterocycles. The molecule has 9 heteroatoms. The second-order valence-corrected chi connectivity index (χ2v) is 6.63. The molecule has 29 heavy (non-hydrogen) atoms. The first kappa shape index (κ1) is 22.4. The SMILES string of the molecule is CCCCC(=O)NC(=S)Nc1cccc(C(=O)Nc2cccc(C(F)(F)F)c2)c1. The van der Waals surface area contributed by atoms with Gasteiger partial charge in [0.05, 0.1) is 5.56 Å². The van der Waals surface area contributed by atoms with Gasteiger partial charge in [0.25, 0.3) is 5.91 Å². The number of carbonyl (C=O) groups excluding carboxylic acids is 2. The highest BCUT2D eigenvalue weighted by atomic mass is 32.1. The molecule has 3 N–H and O–H groups in total. The Morgan fingerprint density at radius 1 is 1.00 bits per heavy atom. The Morgan fingerprint density at radius 3 is 2.31 bits per heavy atom. The van der Waals surface area contributed by atoms with Crippen LogP contribution in [0.15, 0.2) is 48.5 Å². The molecule has 0 aliphatic rings. The van der Waals surface area contributed by atoms with Crippen molar-refractivity contribution < 1.29 is 22.8 Å². The molecule has 0 radical (unpaired) electrons. The average molecular weight is 423 g/mol. The van der Waals surface area contributed by atoms with Crippen LogP contribution < -0.4 is 16.0 Å². The Labute approximate surface area is 171 Å². The lowest BCUT2D eigenvalue weighted by Gasteiger charge is -2.12. The molecule has 0 saturated carbocycles. The highest BCUT2D eigenvalue weighted by Gasteiger charge is 2.30. The van der Waals surface area contributed by atoms with Gasteiger partial charge in [0, 0.05) is 23.4 Å². The van der Waals surface area contributed by atoms with E-state index in [1.165, 1.54) is 24.3 Å². The summed E-state index contributed by atoms with van der Waals surface area (Å²) in [6.45, 7) is 1.97. The van der Waals surface area contributed by atoms with Crippen LogP contribution in [0.4, 0.5) is 24.5 Å². The van der Waals surface area contributed by atoms with Crippen LogP contribution in [0.25, 0.3) is 0 Å². The van der Waals surface area contributed by atoms with E-state index >= 15 is 0 Å². The van der Waals surface area contributed by atoms with Crippen LogP contribution in [0.1, 0.15) is 42.1 Å². The van der Waals surface area contributed by atoms with Crippen molar-refractivity contribution >= 4 is 40.5 Å². The molecule has 2 aromatic carbocycles. The van der Waals surface area contributed by atoms with Gasteiger partial charge in [-0.2, -0.15) is 13.2 Å². The van der Waals surface area contributed by atoms with Crippen molar-refractivity contribution in [3.05, 3.63) is 59.7 Å². The molecule has 0 aliphatic carbocycles. The number of anilines is 2. The zero-order chi connectivity index (χ0) is 21.4. The maximum atomic E-state index is 12.8. The number of hydrogen-bond donors (Lipinski definition) is 3. The Morgan fingerprint density at radius 2 is 1.66 bits per heavy atom. The van der Waals surface area contributed by atoms with Crippen LogP contribution >= 0.6 is 12.2 Å². The number of amides is 2. The topological polar surface area (TPSA) is 70.2 Å². The molecule has 154 valence electrons. The summed E-state index contributed by atoms with van der Waals surface area (Å²) in [7, 11) is 0. The van der Waals surface area contributed by atoms with Crippen molar-refractivity contribution in [3.8, 4) is 0 Å². The van der Waals surface area contributed by atoms with Gasteiger partial charge < -0.3 is 16.0 Å². The smallest absolute Gasteiger partial charge is 0.332 e. The van der Waals surface area contributed by atoms with Gasteiger partial charge in [0.1, 0.15) is 0 Å². The molecule has 0 atom stereocenters. The van der Waals surface area contributed by atoms with E-state index in [2.05, 4.69) is 16.0 Å². The molecule has 0 heterocycles. The quantitative estimate of drug-likeness (QED) is 0.575. The highest BCUT2D eigenvalue weighted by Crippen LogP contribution is 2.30. The Bertz CT molecular complexity index is 901. The van der Waals surface area contributed by atoms with Crippen molar-refractivity contribution in [2.75, 3.05) is 10.6 Å². The van der Waals surface area contributed by atoms with E-state index in [1.54, 1.807) is 12.1 Å². The van der Waals surface area contributed by atoms with E-state index < -0.39 is 17.6 Å². The van der Waals surface area contributed by atoms with Crippen molar-refractivity contribution in [1.29, 1.82) is 0 Å². The normalized spacial score (nSPS) is 10.9. The molecule has 0 fully saturated rings. The number of halogens is 3. The summed E-state index contributed by atoms with van der Waals surface area (Å²) in [6, 6.07) is 10.6. The summed E-state index contributed by atoms with van der Waals surface area (Å²) in [5.41, 5.74) is -0.146. The molecule has 0 bridgehead atoms. The minimum Gasteiger partial charge on any atom is -0.332 e. The van der Waals surface area contributed by atoms with E-state index in [-0.39, 0.29) is 22.3 Å². The zero-order valence-electron chi connectivity index (χ0n) is 15.6. The minimum absolute atomic E-state index is 0.0295. The highest BCUT2D eigenvalue weighted by molar-refractivity contribution is 7.80. The summed E-state index contributed by atoms with van der Waals surface area (Å²) >= 11 is 5.08. The first-order chi connectivity index (χ1) is 13.7. The molecule has 0 unspecified atom stereocenters. The van der Waals surface area contributed by atoms with Crippen LogP contribution in [0.5, 0.6) is 0 Å². The van der Waals surface area contributed by atoms with Gasteiger partial charge in [-0.05, 0) is 55.0 Å². The van der Waals surface area contributed by atoms with E-state index in [1.807, 2.05) is 6.92 Å². The monoisotopic (exact) mass is 423 g/mol. The van der Waals surface area contributed by atoms with Gasteiger partial charge in [-0.25, -0.2) is 0 Å². The maximum absolute atomic E-state index is 12.8. The Hall–Kier alpha value is -2.94. The van der Waals surface area contributed by atoms with Gasteiger partial charge in [0.2, 0.25) is 5.91 Å². The van der Waals surface area contributed by atoms with Crippen molar-refractivity contribution in [2.45, 2.75) is 32.4 Å². The number of carbonyl (C=O) groups is 2. The molecule has 2 amide bonds. The van der Waals surface area contributed by atoms with E-state index in [9.17, 15) is 22.8 Å². The predicted molar refractivity (Wildman–Crippen MR) is 110 cm³/mol. The van der Waals surface area contributed by atoms with Crippen LogP contribution in [0.2, 0.25) is 0 Å². The standard InChI is InChI=1S/C20H20F3N3O2S/c1-2-3-10-17(27)26-19(29)25-15-8-4-6-13(11-15)18(28)24-16-9-5-7-14(12-16)20(21,22)23/h4-9,11-12H,2-3,10H2,1H3,(H,24,28)(H2,25,26,27,29). The van der Waals surface area contributed by atoms with Gasteiger partial charge in [-0.3, -0.25) is 9.59 Å². The first-order valence-electron chi connectivity index (χ1n) is 8.88. The third-order valence-corrected chi connectivity index (χ3v) is 4.04. The van der Waals surface area contributed by atoms with E-state index in [4.69, 9.17) is 12.2 Å². The Kier molecular flexibility index (Phi) is 7.72. The van der Waals surface area contributed by atoms with Crippen LogP contribution in [0.3, 0.4) is 0 Å². The summed E-state index contributed by atoms with van der Waals surface area (Å²) in [6.07, 6.45) is -2.50. The number of hydrogen-bond acceptors (Lipinski definition) is 3. The fourth-order valence-electron chi connectivity index (χ4n) is 2.40. The summed E-state index contributed by atoms with van der Waals surface area (Å²) in [5, 5.41) is 7.89. The second-order valence-electron chi connectivity index (χ2n) is 6.22. The molecule has 5 nitrogen and oxygen atoms in total. The van der Waals surface area contributed by atoms with Crippen molar-refractivity contribution in [1.82, 2.24) is 5.32 Å². The van der Waals surface area contributed by atoms with Crippen LogP contribution in [-0.4, -0.2) is 16.9 Å². The number of unbranched alkanes of at least 4 members (excludes halogenated alkanes) is 1. The summed E-state index contributed by atoms with van der Waals surface area (Å²) < 4.78 is 38.4. The van der Waals surface area contributed by atoms with Crippen LogP contribution in [-0.2, 0) is 11.0 Å². The van der Waals surface area contributed by atoms with E-state index in [0.29, 0.717) is 12.1 Å². The third-order valence-electron chi connectivity index (χ3n) is 3.84. The lowest BCUT2D eigenvalue weighted by atomic mass is 10.1. The fourth-order valence-corrected chi connectivity index (χ4v) is 2.64. The van der Waals surface area contributed by atoms with E-state index in [0.717, 1.165) is 25.0 Å². The Balaban J connectivity index is 2.02. The minimum atomic E-state index is -4.50. The van der Waals surface area contributed by atoms with Crippen LogP contribution in [0, 0.1) is 0 Å². The second kappa shape index (κ2) is 10.0. The number of alkyl halides is 3. The fraction of sp³-hybridized carbons (Fsp3) is 0.250. The molecular formula is C20H20F3N3O2S. The predicted octanol–water partition coefficient (Wildman–Crippen LogP) is 4.96. The van der Waals surface area contributed by atoms with Crippen molar-refractivity contribution in [3.63, 3.8) is 0 Å². The third kappa shape index (κ3) is 7.19. The molecule has 2 rings (SSSR count). The van der Waals surface area contributed by atoms with Crippen molar-refractivity contribution in [2.24, 2.45) is 0 Å². The van der Waals surface area contributed by atoms with Gasteiger partial charge in [-0.1, -0.05) is 25.5 Å². The van der Waals surface area contributed by atoms with Gasteiger partial charge in [-0.15, -0.1) is 0 Å². The number of thiocarbonyl (C=S) groups is 1. The molecule has 2 aromatic rings. The molecular weight excluding hydrogens is 403 g/mol. The summed E-state index contributed by atoms with van der Waals surface area (Å²) in [4.78, 5) is 24.1. The van der Waals surface area contributed by atoms with Gasteiger partial charge in [0.15, 0.2) is 5.11 Å². The van der Waals surface area contributed by atoms with Gasteiger partial charge >= 0.3 is 6.18 Å². The first-order valence-corrected chi connectivity index (χ1v) is 9.29. The zero-order valence-corrected chi connectivity index (χ0v) is 16.4. The number of benzene rings is 2. The average Bonchev–Trinajstić information content (AvgIpc) is 2.66. The number of nitrogens with one attached hydrogen (secondary N) is 3.